The van der Waals surface area contributed by atoms with Crippen molar-refractivity contribution in [1.82, 2.24) is 0 Å². The van der Waals surface area contributed by atoms with Gasteiger partial charge in [0.05, 0.1) is 8.42 Å². The van der Waals surface area contributed by atoms with Gasteiger partial charge < -0.3 is 0 Å². The van der Waals surface area contributed by atoms with Gasteiger partial charge in [-0.25, -0.2) is 0 Å². The van der Waals surface area contributed by atoms with Crippen molar-refractivity contribution in [3.63, 3.8) is 0 Å². The Labute approximate surface area is 111 Å². The number of hydrogen-bond donors (Lipinski definition) is 0. The molecule has 2 fully saturated rings. The Morgan fingerprint density at radius 1 is 0.933 bits per heavy atom. The average Bonchev–Trinajstić information content (AvgIpc) is 2.85. The maximum Gasteiger partial charge on any atom is 0.145 e. The first-order chi connectivity index (χ1) is 7.31. The van der Waals surface area contributed by atoms with Gasteiger partial charge in [0.2, 0.25) is 0 Å². The molecular formula is C10H10S5. The van der Waals surface area contributed by atoms with Gasteiger partial charge in [0.1, 0.15) is 3.14 Å². The maximum atomic E-state index is 5.30. The second-order valence-corrected chi connectivity index (χ2v) is 10.6. The summed E-state index contributed by atoms with van der Waals surface area (Å²) in [5.74, 6) is 2.04. The molecule has 0 radical (unpaired) electrons. The van der Waals surface area contributed by atoms with Crippen LogP contribution in [0.4, 0.5) is 0 Å². The van der Waals surface area contributed by atoms with Crippen molar-refractivity contribution in [2.24, 2.45) is 11.8 Å². The zero-order chi connectivity index (χ0) is 9.99. The van der Waals surface area contributed by atoms with Gasteiger partial charge in [-0.2, -0.15) is 0 Å². The highest BCUT2D eigenvalue weighted by molar-refractivity contribution is 8.09. The Morgan fingerprint density at radius 2 is 1.47 bits per heavy atom. The summed E-state index contributed by atoms with van der Waals surface area (Å²) in [6, 6.07) is 0. The average molecular weight is 291 g/mol. The molecule has 0 spiro atoms. The first-order valence-electron chi connectivity index (χ1n) is 5.28. The Bertz CT molecular complexity index is 420. The molecular weight excluding hydrogens is 280 g/mol. The molecule has 15 heavy (non-hydrogen) atoms. The molecule has 2 bridgehead atoms. The lowest BCUT2D eigenvalue weighted by Crippen LogP contribution is -2.28. The molecule has 4 rings (SSSR count). The van der Waals surface area contributed by atoms with Crippen LogP contribution in [-0.2, 0) is 0 Å². The molecule has 0 N–H and O–H groups in total. The molecule has 3 aliphatic rings. The quantitative estimate of drug-likeness (QED) is 0.624. The van der Waals surface area contributed by atoms with Gasteiger partial charge in [-0.3, -0.25) is 0 Å². The van der Waals surface area contributed by atoms with E-state index in [1.807, 2.05) is 22.7 Å². The molecule has 2 aliphatic carbocycles. The van der Waals surface area contributed by atoms with E-state index in [1.54, 1.807) is 0 Å². The van der Waals surface area contributed by atoms with Crippen molar-refractivity contribution >= 4 is 58.4 Å². The van der Waals surface area contributed by atoms with E-state index in [2.05, 4.69) is 23.5 Å². The van der Waals surface area contributed by atoms with Crippen LogP contribution in [0.3, 0.4) is 0 Å². The summed E-state index contributed by atoms with van der Waals surface area (Å²) in [5.41, 5.74) is 0. The van der Waals surface area contributed by atoms with Gasteiger partial charge in [-0.05, 0) is 31.1 Å². The van der Waals surface area contributed by atoms with Gasteiger partial charge in [0.25, 0.3) is 0 Å². The fourth-order valence-corrected chi connectivity index (χ4v) is 10.7. The number of rotatable bonds is 0. The summed E-state index contributed by atoms with van der Waals surface area (Å²) in [5, 5.41) is 1.84. The van der Waals surface area contributed by atoms with E-state index in [-0.39, 0.29) is 0 Å². The minimum atomic E-state index is 0.918. The van der Waals surface area contributed by atoms with E-state index in [0.29, 0.717) is 0 Å². The number of hydrogen-bond acceptors (Lipinski definition) is 5. The van der Waals surface area contributed by atoms with E-state index in [9.17, 15) is 0 Å². The molecule has 1 aromatic heterocycles. The van der Waals surface area contributed by atoms with Crippen molar-refractivity contribution < 1.29 is 0 Å². The van der Waals surface area contributed by atoms with Crippen molar-refractivity contribution in [2.75, 3.05) is 0 Å². The highest BCUT2D eigenvalue weighted by Crippen LogP contribution is 2.62. The summed E-state index contributed by atoms with van der Waals surface area (Å²) in [7, 11) is 0. The molecule has 1 aliphatic heterocycles. The van der Waals surface area contributed by atoms with Crippen LogP contribution in [0.2, 0.25) is 0 Å². The molecule has 2 saturated carbocycles. The first-order valence-corrected chi connectivity index (χ1v) is 9.08. The third-order valence-corrected chi connectivity index (χ3v) is 10.4. The highest BCUT2D eigenvalue weighted by atomic mass is 32.2. The maximum absolute atomic E-state index is 5.30. The van der Waals surface area contributed by atoms with Gasteiger partial charge in [0.15, 0.2) is 0 Å². The van der Waals surface area contributed by atoms with Crippen molar-refractivity contribution in [1.29, 1.82) is 0 Å². The van der Waals surface area contributed by atoms with Crippen LogP contribution in [0, 0.1) is 15.0 Å². The van der Waals surface area contributed by atoms with Crippen LogP contribution in [-0.4, -0.2) is 10.5 Å². The van der Waals surface area contributed by atoms with E-state index >= 15 is 0 Å². The van der Waals surface area contributed by atoms with Crippen molar-refractivity contribution in [3.8, 4) is 0 Å². The van der Waals surface area contributed by atoms with Crippen LogP contribution in [0.5, 0.6) is 0 Å². The van der Waals surface area contributed by atoms with E-state index in [0.717, 1.165) is 25.5 Å². The Kier molecular flexibility index (Phi) is 2.31. The Morgan fingerprint density at radius 3 is 2.00 bits per heavy atom. The smallest absolute Gasteiger partial charge is 0.109 e. The topological polar surface area (TPSA) is 0 Å². The minimum Gasteiger partial charge on any atom is -0.109 e. The van der Waals surface area contributed by atoms with Gasteiger partial charge in [-0.15, -0.1) is 46.2 Å². The van der Waals surface area contributed by atoms with Crippen molar-refractivity contribution in [3.05, 3.63) is 3.14 Å². The van der Waals surface area contributed by atoms with Crippen LogP contribution in [0.25, 0.3) is 0 Å². The summed E-state index contributed by atoms with van der Waals surface area (Å²) in [6.45, 7) is 0. The van der Waals surface area contributed by atoms with Crippen LogP contribution in [0.15, 0.2) is 8.42 Å². The standard InChI is InChI=1S/C10H10S5/c11-10-14-8-9(15-10)13-7-5-2-1-4(3-5)6(7)12-8/h4-7H,1-3H2/t4-,5-,6+,7+/m0/s1. The molecule has 0 saturated heterocycles. The molecule has 1 aromatic rings. The number of fused-ring (bicyclic) bond motifs is 6. The predicted molar refractivity (Wildman–Crippen MR) is 73.2 cm³/mol. The molecule has 2 heterocycles. The van der Waals surface area contributed by atoms with Gasteiger partial charge in [-0.1, -0.05) is 12.2 Å². The number of thioether (sulfide) groups is 2. The second kappa shape index (κ2) is 3.48. The highest BCUT2D eigenvalue weighted by Gasteiger charge is 2.50. The molecule has 0 nitrogen and oxygen atoms in total. The molecule has 4 atom stereocenters. The molecule has 0 aromatic carbocycles. The minimum absolute atomic E-state index is 0.918. The monoisotopic (exact) mass is 290 g/mol. The van der Waals surface area contributed by atoms with Gasteiger partial charge in [0, 0.05) is 10.5 Å². The first kappa shape index (κ1) is 9.95. The summed E-state index contributed by atoms with van der Waals surface area (Å²) < 4.78 is 4.18. The van der Waals surface area contributed by atoms with Crippen LogP contribution in [0.1, 0.15) is 19.3 Å². The van der Waals surface area contributed by atoms with Crippen LogP contribution < -0.4 is 0 Å². The normalized spacial score (nSPS) is 41.6. The summed E-state index contributed by atoms with van der Waals surface area (Å²) in [6.07, 6.45) is 4.49. The summed E-state index contributed by atoms with van der Waals surface area (Å²) >= 11 is 13.3. The van der Waals surface area contributed by atoms with Gasteiger partial charge >= 0.3 is 0 Å². The lowest BCUT2D eigenvalue weighted by Gasteiger charge is -2.32. The fraction of sp³-hybridized carbons (Fsp3) is 0.700. The lowest BCUT2D eigenvalue weighted by molar-refractivity contribution is 0.502. The molecule has 0 amide bonds. The Balaban J connectivity index is 1.77. The summed E-state index contributed by atoms with van der Waals surface area (Å²) in [4.78, 5) is 0. The van der Waals surface area contributed by atoms with E-state index in [1.165, 1.54) is 27.7 Å². The Hall–Kier alpha value is 0.970. The zero-order valence-electron chi connectivity index (χ0n) is 7.97. The zero-order valence-corrected chi connectivity index (χ0v) is 12.1. The molecule has 0 unspecified atom stereocenters. The second-order valence-electron chi connectivity index (χ2n) is 4.53. The molecule has 5 heteroatoms. The third-order valence-electron chi connectivity index (χ3n) is 3.77. The van der Waals surface area contributed by atoms with E-state index in [4.69, 9.17) is 12.2 Å². The molecule has 80 valence electrons. The van der Waals surface area contributed by atoms with Crippen molar-refractivity contribution in [2.45, 2.75) is 38.2 Å². The predicted octanol–water partition coefficient (Wildman–Crippen LogP) is 4.90. The lowest BCUT2D eigenvalue weighted by atomic mass is 10.00. The third kappa shape index (κ3) is 1.43. The fourth-order valence-electron chi connectivity index (χ4n) is 3.16. The van der Waals surface area contributed by atoms with Crippen LogP contribution >= 0.6 is 58.4 Å². The largest absolute Gasteiger partial charge is 0.145 e. The van der Waals surface area contributed by atoms with E-state index < -0.39 is 0 Å². The SMILES string of the molecule is S=c1sc2c(s1)S[C@@H]1[C@H]3CC[C@@H](C3)[C@H]1S2.